The quantitative estimate of drug-likeness (QED) is 0.512. The normalized spacial score (nSPS) is 12.5. The molecule has 2 nitrogen and oxygen atoms in total. The van der Waals surface area contributed by atoms with E-state index in [1.807, 2.05) is 13.8 Å². The second kappa shape index (κ2) is 6.80. The van der Waals surface area contributed by atoms with Gasteiger partial charge in [-0.25, -0.2) is 0 Å². The van der Waals surface area contributed by atoms with Crippen molar-refractivity contribution in [1.29, 1.82) is 0 Å². The van der Waals surface area contributed by atoms with Gasteiger partial charge in [0.2, 0.25) is 0 Å². The number of hydrogen-bond donors (Lipinski definition) is 0. The second-order valence-electron chi connectivity index (χ2n) is 3.84. The third kappa shape index (κ3) is 6.47. The molecule has 0 heterocycles. The van der Waals surface area contributed by atoms with Crippen LogP contribution in [-0.4, -0.2) is 24.8 Å². The highest BCUT2D eigenvalue weighted by atomic mass is 79.9. The average molecular weight is 253 g/mol. The minimum atomic E-state index is -0.0532. The molecule has 0 aromatic rings. The Morgan fingerprint density at radius 3 is 1.92 bits per heavy atom. The molecule has 0 amide bonds. The Labute approximate surface area is 90.1 Å². The van der Waals surface area contributed by atoms with E-state index in [2.05, 4.69) is 29.8 Å². The zero-order chi connectivity index (χ0) is 10.3. The van der Waals surface area contributed by atoms with Crippen LogP contribution in [0.2, 0.25) is 0 Å². The van der Waals surface area contributed by atoms with Crippen molar-refractivity contribution in [2.75, 3.05) is 18.5 Å². The first-order valence-electron chi connectivity index (χ1n) is 4.85. The molecule has 0 fully saturated rings. The molecule has 13 heavy (non-hydrogen) atoms. The summed E-state index contributed by atoms with van der Waals surface area (Å²) in [5.41, 5.74) is 0.231. The second-order valence-corrected chi connectivity index (χ2v) is 4.40. The molecule has 0 radical (unpaired) electrons. The Hall–Kier alpha value is 0.400. The largest absolute Gasteiger partial charge is 0.353 e. The maximum atomic E-state index is 5.48. The molecule has 0 saturated carbocycles. The Balaban J connectivity index is 3.92. The average Bonchev–Trinajstić information content (AvgIpc) is 2.05. The van der Waals surface area contributed by atoms with Gasteiger partial charge in [-0.15, -0.1) is 0 Å². The third-order valence-corrected chi connectivity index (χ3v) is 3.30. The summed E-state index contributed by atoms with van der Waals surface area (Å²) in [6.07, 6.45) is 0.877. The van der Waals surface area contributed by atoms with E-state index in [1.54, 1.807) is 0 Å². The Kier molecular flexibility index (Phi) is 7.00. The fourth-order valence-electron chi connectivity index (χ4n) is 1.04. The molecule has 0 atom stereocenters. The van der Waals surface area contributed by atoms with E-state index in [0.717, 1.165) is 11.8 Å². The molecule has 0 aromatic carbocycles. The molecule has 0 spiro atoms. The van der Waals surface area contributed by atoms with Crippen molar-refractivity contribution < 1.29 is 9.47 Å². The van der Waals surface area contributed by atoms with Gasteiger partial charge in [0.1, 0.15) is 0 Å². The highest BCUT2D eigenvalue weighted by Gasteiger charge is 2.22. The van der Waals surface area contributed by atoms with E-state index in [-0.39, 0.29) is 11.7 Å². The van der Waals surface area contributed by atoms with Crippen LogP contribution in [0.4, 0.5) is 0 Å². The lowest BCUT2D eigenvalue weighted by molar-refractivity contribution is -0.151. The minimum absolute atomic E-state index is 0.0532. The number of hydrogen-bond acceptors (Lipinski definition) is 2. The Morgan fingerprint density at radius 1 is 1.15 bits per heavy atom. The van der Waals surface area contributed by atoms with Crippen molar-refractivity contribution in [2.24, 2.45) is 5.41 Å². The van der Waals surface area contributed by atoms with Crippen molar-refractivity contribution in [3.05, 3.63) is 0 Å². The predicted molar refractivity (Wildman–Crippen MR) is 59.2 cm³/mol. The summed E-state index contributed by atoms with van der Waals surface area (Å²) in [7, 11) is 0. The lowest BCUT2D eigenvalue weighted by Gasteiger charge is -2.27. The summed E-state index contributed by atoms with van der Waals surface area (Å²) in [5, 5.41) is 0.969. The molecule has 0 saturated heterocycles. The van der Waals surface area contributed by atoms with Crippen LogP contribution in [0.3, 0.4) is 0 Å². The summed E-state index contributed by atoms with van der Waals surface area (Å²) in [6, 6.07) is 0. The van der Waals surface area contributed by atoms with E-state index >= 15 is 0 Å². The van der Waals surface area contributed by atoms with Gasteiger partial charge in [-0.3, -0.25) is 0 Å². The van der Waals surface area contributed by atoms with Crippen LogP contribution in [-0.2, 0) is 9.47 Å². The summed E-state index contributed by atoms with van der Waals surface area (Å²) >= 11 is 3.49. The van der Waals surface area contributed by atoms with Crippen molar-refractivity contribution >= 4 is 15.9 Å². The monoisotopic (exact) mass is 252 g/mol. The Bertz CT molecular complexity index is 120. The van der Waals surface area contributed by atoms with Crippen molar-refractivity contribution in [3.63, 3.8) is 0 Å². The van der Waals surface area contributed by atoms with Crippen LogP contribution >= 0.6 is 15.9 Å². The van der Waals surface area contributed by atoms with E-state index in [4.69, 9.17) is 9.47 Å². The zero-order valence-corrected chi connectivity index (χ0v) is 10.7. The van der Waals surface area contributed by atoms with Gasteiger partial charge in [0.15, 0.2) is 6.29 Å². The van der Waals surface area contributed by atoms with Gasteiger partial charge in [0, 0.05) is 25.0 Å². The van der Waals surface area contributed by atoms with E-state index in [0.29, 0.717) is 13.2 Å². The maximum absolute atomic E-state index is 5.48. The van der Waals surface area contributed by atoms with Crippen LogP contribution in [0.15, 0.2) is 0 Å². The molecule has 0 aliphatic rings. The van der Waals surface area contributed by atoms with E-state index in [1.165, 1.54) is 0 Å². The first-order valence-corrected chi connectivity index (χ1v) is 5.97. The van der Waals surface area contributed by atoms with Crippen LogP contribution in [0.1, 0.15) is 34.1 Å². The molecular weight excluding hydrogens is 232 g/mol. The van der Waals surface area contributed by atoms with Crippen molar-refractivity contribution in [2.45, 2.75) is 40.4 Å². The van der Waals surface area contributed by atoms with E-state index < -0.39 is 0 Å². The minimum Gasteiger partial charge on any atom is -0.353 e. The fraction of sp³-hybridized carbons (Fsp3) is 1.00. The molecule has 0 aliphatic heterocycles. The van der Waals surface area contributed by atoms with Crippen LogP contribution in [0.5, 0.6) is 0 Å². The lowest BCUT2D eigenvalue weighted by atomic mass is 9.92. The summed E-state index contributed by atoms with van der Waals surface area (Å²) < 4.78 is 11.0. The molecule has 0 aliphatic carbocycles. The fourth-order valence-corrected chi connectivity index (χ4v) is 1.27. The standard InChI is InChI=1S/C10H21BrO2/c1-5-12-9(13-6-2)7-10(3,4)8-11/h9H,5-8H2,1-4H3. The maximum Gasteiger partial charge on any atom is 0.158 e. The smallest absolute Gasteiger partial charge is 0.158 e. The molecule has 3 heteroatoms. The predicted octanol–water partition coefficient (Wildman–Crippen LogP) is 3.20. The number of ether oxygens (including phenoxy) is 2. The molecule has 0 aromatic heterocycles. The molecule has 0 rings (SSSR count). The molecule has 0 bridgehead atoms. The molecule has 80 valence electrons. The molecule has 0 N–H and O–H groups in total. The number of rotatable bonds is 7. The number of alkyl halides is 1. The Morgan fingerprint density at radius 2 is 1.62 bits per heavy atom. The van der Waals surface area contributed by atoms with Gasteiger partial charge in [-0.1, -0.05) is 29.8 Å². The van der Waals surface area contributed by atoms with Gasteiger partial charge >= 0.3 is 0 Å². The molecule has 0 unspecified atom stereocenters. The van der Waals surface area contributed by atoms with Gasteiger partial charge in [-0.2, -0.15) is 0 Å². The van der Waals surface area contributed by atoms with Crippen LogP contribution in [0, 0.1) is 5.41 Å². The van der Waals surface area contributed by atoms with Gasteiger partial charge in [-0.05, 0) is 19.3 Å². The van der Waals surface area contributed by atoms with Crippen molar-refractivity contribution in [1.82, 2.24) is 0 Å². The van der Waals surface area contributed by atoms with Crippen LogP contribution in [0.25, 0.3) is 0 Å². The molecular formula is C10H21BrO2. The topological polar surface area (TPSA) is 18.5 Å². The third-order valence-electron chi connectivity index (χ3n) is 1.79. The van der Waals surface area contributed by atoms with Crippen LogP contribution < -0.4 is 0 Å². The summed E-state index contributed by atoms with van der Waals surface area (Å²) in [4.78, 5) is 0. The lowest BCUT2D eigenvalue weighted by Crippen LogP contribution is -2.26. The van der Waals surface area contributed by atoms with E-state index in [9.17, 15) is 0 Å². The van der Waals surface area contributed by atoms with Gasteiger partial charge < -0.3 is 9.47 Å². The highest BCUT2D eigenvalue weighted by molar-refractivity contribution is 9.09. The number of halogens is 1. The van der Waals surface area contributed by atoms with Gasteiger partial charge in [0.05, 0.1) is 0 Å². The first-order chi connectivity index (χ1) is 6.05. The SMILES string of the molecule is CCOC(CC(C)(C)CBr)OCC. The van der Waals surface area contributed by atoms with Crippen molar-refractivity contribution in [3.8, 4) is 0 Å². The summed E-state index contributed by atoms with van der Waals surface area (Å²) in [6.45, 7) is 9.81. The first kappa shape index (κ1) is 13.4. The van der Waals surface area contributed by atoms with Gasteiger partial charge in [0.25, 0.3) is 0 Å². The highest BCUT2D eigenvalue weighted by Crippen LogP contribution is 2.26. The summed E-state index contributed by atoms with van der Waals surface area (Å²) in [5.74, 6) is 0. The zero-order valence-electron chi connectivity index (χ0n) is 9.10.